The number of esters is 1. The fourth-order valence-corrected chi connectivity index (χ4v) is 8.45. The largest absolute Gasteiger partial charge is 0.456 e. The molecule has 0 aromatic rings. The van der Waals surface area contributed by atoms with E-state index in [0.717, 1.165) is 10.5 Å². The summed E-state index contributed by atoms with van der Waals surface area (Å²) in [5.74, 6) is -8.53. The molecular weight excluding hydrogens is 710 g/mol. The molecule has 1 saturated heterocycles. The number of fused-ring (bicyclic) bond motifs is 1. The normalized spacial score (nSPS) is 37.0. The summed E-state index contributed by atoms with van der Waals surface area (Å²) in [6.45, 7) is 10.9. The first kappa shape index (κ1) is 46.6. The van der Waals surface area contributed by atoms with Crippen LogP contribution in [0.3, 0.4) is 0 Å². The van der Waals surface area contributed by atoms with Gasteiger partial charge in [0.15, 0.2) is 0 Å². The summed E-state index contributed by atoms with van der Waals surface area (Å²) in [5.41, 5.74) is 1.56. The lowest BCUT2D eigenvalue weighted by atomic mass is 9.83. The van der Waals surface area contributed by atoms with Crippen molar-refractivity contribution in [3.63, 3.8) is 0 Å². The number of aliphatic hydroxyl groups excluding tert-OH is 3. The molecule has 3 rings (SSSR count). The maximum Gasteiger partial charge on any atom is 0.329 e. The number of cyclic esters (lactones) is 1. The Morgan fingerprint density at radius 3 is 2.31 bits per heavy atom. The summed E-state index contributed by atoms with van der Waals surface area (Å²) in [7, 11) is 2.97. The van der Waals surface area contributed by atoms with Crippen molar-refractivity contribution in [3.8, 4) is 0 Å². The number of hydrogen-bond donors (Lipinski definition) is 5. The summed E-state index contributed by atoms with van der Waals surface area (Å²) in [6.07, 6.45) is 4.84. The number of carbonyl (C=O) groups is 4. The van der Waals surface area contributed by atoms with Gasteiger partial charge in [0.05, 0.1) is 30.5 Å². The number of rotatable bonds is 6. The van der Waals surface area contributed by atoms with E-state index in [0.29, 0.717) is 56.9 Å². The third-order valence-electron chi connectivity index (χ3n) is 11.7. The first-order valence-corrected chi connectivity index (χ1v) is 20.0. The highest BCUT2D eigenvalue weighted by Gasteiger charge is 2.48. The fourth-order valence-electron chi connectivity index (χ4n) is 8.45. The number of nitrogens with zero attached hydrogens (tertiary/aromatic N) is 1. The topological polar surface area (TPSA) is 200 Å². The van der Waals surface area contributed by atoms with Crippen molar-refractivity contribution in [2.45, 2.75) is 160 Å². The van der Waals surface area contributed by atoms with Crippen molar-refractivity contribution in [1.82, 2.24) is 4.90 Å². The van der Waals surface area contributed by atoms with Crippen molar-refractivity contribution < 1.29 is 58.9 Å². The Bertz CT molecular complexity index is 1380. The van der Waals surface area contributed by atoms with E-state index in [2.05, 4.69) is 6.58 Å². The average molecular weight is 778 g/mol. The highest BCUT2D eigenvalue weighted by Crippen LogP contribution is 2.32. The second kappa shape index (κ2) is 21.7. The first-order valence-electron chi connectivity index (χ1n) is 20.0. The third kappa shape index (κ3) is 13.4. The molecule has 2 aliphatic heterocycles. The minimum Gasteiger partial charge on any atom is -0.456 e. The van der Waals surface area contributed by atoms with Crippen molar-refractivity contribution in [1.29, 1.82) is 0 Å². The van der Waals surface area contributed by atoms with Crippen LogP contribution in [-0.4, -0.2) is 123 Å². The molecule has 0 aromatic heterocycles. The van der Waals surface area contributed by atoms with E-state index in [1.807, 2.05) is 26.0 Å². The third-order valence-corrected chi connectivity index (χ3v) is 11.7. The van der Waals surface area contributed by atoms with E-state index in [1.54, 1.807) is 20.1 Å². The first-order chi connectivity index (χ1) is 25.9. The smallest absolute Gasteiger partial charge is 0.329 e. The Labute approximate surface area is 326 Å². The molecule has 0 spiro atoms. The minimum absolute atomic E-state index is 0.0103. The number of amides is 1. The summed E-state index contributed by atoms with van der Waals surface area (Å²) in [6, 6.07) is -1.20. The van der Waals surface area contributed by atoms with Gasteiger partial charge in [-0.25, -0.2) is 4.79 Å². The highest BCUT2D eigenvalue weighted by molar-refractivity contribution is 6.39. The molecule has 2 fully saturated rings. The number of ether oxygens (including phenoxy) is 3. The van der Waals surface area contributed by atoms with Crippen LogP contribution in [0.4, 0.5) is 0 Å². The van der Waals surface area contributed by atoms with Crippen LogP contribution in [0.15, 0.2) is 36.0 Å². The predicted molar refractivity (Wildman–Crippen MR) is 205 cm³/mol. The van der Waals surface area contributed by atoms with Crippen LogP contribution < -0.4 is 0 Å². The van der Waals surface area contributed by atoms with E-state index < -0.39 is 71.8 Å². The van der Waals surface area contributed by atoms with Gasteiger partial charge in [0.25, 0.3) is 11.7 Å². The van der Waals surface area contributed by atoms with Crippen molar-refractivity contribution in [2.24, 2.45) is 23.7 Å². The number of carbonyl (C=O) groups excluding carboxylic acids is 4. The molecule has 13 nitrogen and oxygen atoms in total. The molecule has 2 heterocycles. The van der Waals surface area contributed by atoms with Crippen LogP contribution in [0.5, 0.6) is 0 Å². The monoisotopic (exact) mass is 777 g/mol. The second-order valence-electron chi connectivity index (χ2n) is 16.4. The van der Waals surface area contributed by atoms with Gasteiger partial charge in [0, 0.05) is 45.4 Å². The highest BCUT2D eigenvalue weighted by atomic mass is 16.5. The van der Waals surface area contributed by atoms with E-state index in [-0.39, 0.29) is 62.4 Å². The Morgan fingerprint density at radius 2 is 1.65 bits per heavy atom. The predicted octanol–water partition coefficient (Wildman–Crippen LogP) is 3.72. The van der Waals surface area contributed by atoms with Gasteiger partial charge in [-0.15, -0.1) is 6.58 Å². The lowest BCUT2D eigenvalue weighted by Gasteiger charge is -2.37. The standard InChI is InChI=1S/C42H67NO12/c1-8-11-30-17-25(2)16-26(3)18-31(44)22-33(53-6)20-28(5)42(51,52)39(48)40(49)43-15-10-9-12-34(43)41(50)55-37(24-32(45)23-36(30)47)27(4)19-29-13-14-35(46)38(21-29)54-7/h8,17,19,26,28-35,37-38,44-46,51-52H,1,9-16,18,20-24H2,2-7H3/b25-17+,27-19+/t26?,28?,29?,30-,31+,32?,33?,34?,35-,37+,38?/m1/s1. The number of hydrogen-bond acceptors (Lipinski definition) is 12. The van der Waals surface area contributed by atoms with Crippen LogP contribution in [-0.2, 0) is 33.4 Å². The maximum atomic E-state index is 14.0. The van der Waals surface area contributed by atoms with Crippen LogP contribution >= 0.6 is 0 Å². The van der Waals surface area contributed by atoms with Crippen LogP contribution in [0.25, 0.3) is 0 Å². The Hall–Kier alpha value is -2.78. The minimum atomic E-state index is -3.08. The lowest BCUT2D eigenvalue weighted by Crippen LogP contribution is -2.58. The van der Waals surface area contributed by atoms with E-state index in [4.69, 9.17) is 14.2 Å². The zero-order valence-electron chi connectivity index (χ0n) is 33.7. The molecule has 55 heavy (non-hydrogen) atoms. The number of methoxy groups -OCH3 is 2. The molecule has 0 bridgehead atoms. The number of allylic oxidation sites excluding steroid dienone is 4. The average Bonchev–Trinajstić information content (AvgIpc) is 3.13. The van der Waals surface area contributed by atoms with Crippen molar-refractivity contribution in [3.05, 3.63) is 36.0 Å². The fraction of sp³-hybridized carbons (Fsp3) is 0.762. The SMILES string of the molecule is C=CC[C@@H]1/C=C(\C)CC(C)C[C@H](O)CC(OC)CC(C)C(O)(O)C(=O)C(=O)N2CCCCC2C(=O)O[C@H](/C(C)=C/C2CC[C@@H](O)C(OC)C2)CC(O)CC1=O. The Morgan fingerprint density at radius 1 is 0.945 bits per heavy atom. The zero-order valence-corrected chi connectivity index (χ0v) is 33.7. The molecule has 5 N–H and O–H groups in total. The van der Waals surface area contributed by atoms with Gasteiger partial charge >= 0.3 is 5.97 Å². The summed E-state index contributed by atoms with van der Waals surface area (Å²) in [4.78, 5) is 55.9. The number of Topliss-reactive ketones (excluding diaryl/α,β-unsaturated/α-hetero) is 2. The van der Waals surface area contributed by atoms with Crippen LogP contribution in [0.2, 0.25) is 0 Å². The number of aliphatic hydroxyl groups is 5. The summed E-state index contributed by atoms with van der Waals surface area (Å²) in [5, 5.41) is 54.9. The molecule has 312 valence electrons. The van der Waals surface area contributed by atoms with Gasteiger partial charge in [-0.2, -0.15) is 0 Å². The van der Waals surface area contributed by atoms with E-state index in [1.165, 1.54) is 14.0 Å². The van der Waals surface area contributed by atoms with Gasteiger partial charge in [-0.3, -0.25) is 14.4 Å². The van der Waals surface area contributed by atoms with Gasteiger partial charge in [-0.1, -0.05) is 37.6 Å². The van der Waals surface area contributed by atoms with Gasteiger partial charge in [-0.05, 0) is 102 Å². The van der Waals surface area contributed by atoms with Crippen molar-refractivity contribution in [2.75, 3.05) is 20.8 Å². The molecule has 1 saturated carbocycles. The zero-order chi connectivity index (χ0) is 41.0. The summed E-state index contributed by atoms with van der Waals surface area (Å²) < 4.78 is 17.1. The summed E-state index contributed by atoms with van der Waals surface area (Å²) >= 11 is 0. The second-order valence-corrected chi connectivity index (χ2v) is 16.4. The quantitative estimate of drug-likeness (QED) is 0.114. The van der Waals surface area contributed by atoms with Gasteiger partial charge in [0.1, 0.15) is 17.9 Å². The maximum absolute atomic E-state index is 14.0. The molecule has 0 radical (unpaired) electrons. The molecule has 11 atom stereocenters. The lowest BCUT2D eigenvalue weighted by molar-refractivity contribution is -0.208. The molecule has 0 aromatic carbocycles. The van der Waals surface area contributed by atoms with Crippen LogP contribution in [0, 0.1) is 23.7 Å². The van der Waals surface area contributed by atoms with E-state index >= 15 is 0 Å². The van der Waals surface area contributed by atoms with Crippen LogP contribution in [0.1, 0.15) is 111 Å². The van der Waals surface area contributed by atoms with Gasteiger partial charge < -0.3 is 44.6 Å². The Balaban J connectivity index is 2.02. The molecule has 1 aliphatic carbocycles. The molecular formula is C42H67NO12. The molecule has 3 aliphatic rings. The number of piperidine rings is 1. The van der Waals surface area contributed by atoms with Crippen molar-refractivity contribution >= 4 is 23.4 Å². The van der Waals surface area contributed by atoms with E-state index in [9.17, 15) is 44.7 Å². The molecule has 13 heteroatoms. The number of ketones is 2. The molecule has 7 unspecified atom stereocenters. The van der Waals surface area contributed by atoms with Gasteiger partial charge in [0.2, 0.25) is 5.79 Å². The molecule has 1 amide bonds. The Kier molecular flexibility index (Phi) is 18.4.